The van der Waals surface area contributed by atoms with E-state index in [2.05, 4.69) is 9.88 Å². The number of sulfone groups is 1. The Balaban J connectivity index is 1.76. The van der Waals surface area contributed by atoms with E-state index in [9.17, 15) is 8.42 Å². The van der Waals surface area contributed by atoms with E-state index in [0.29, 0.717) is 6.42 Å². The minimum absolute atomic E-state index is 0.126. The molecular formula is C20H22N2O3S. The highest BCUT2D eigenvalue weighted by Crippen LogP contribution is 2.34. The number of nitrogens with zero attached hydrogens (tertiary/aromatic N) is 1. The van der Waals surface area contributed by atoms with Crippen LogP contribution >= 0.6 is 0 Å². The highest BCUT2D eigenvalue weighted by molar-refractivity contribution is 7.90. The quantitative estimate of drug-likeness (QED) is 0.763. The molecule has 1 aromatic heterocycles. The maximum absolute atomic E-state index is 12.1. The SMILES string of the molecule is COc1cc(Nc2ccc3c(c2)c2c(n3C)CCS(=O)(=O)C2)ccc1C. The maximum atomic E-state index is 12.1. The Labute approximate surface area is 153 Å². The van der Waals surface area contributed by atoms with E-state index in [4.69, 9.17) is 4.74 Å². The van der Waals surface area contributed by atoms with Crippen molar-refractivity contribution in [1.29, 1.82) is 0 Å². The smallest absolute Gasteiger partial charge is 0.154 e. The van der Waals surface area contributed by atoms with Crippen LogP contribution in [-0.2, 0) is 29.1 Å². The van der Waals surface area contributed by atoms with Gasteiger partial charge in [-0.15, -0.1) is 0 Å². The number of benzene rings is 2. The number of ether oxygens (including phenoxy) is 1. The molecule has 6 heteroatoms. The molecule has 0 bridgehead atoms. The highest BCUT2D eigenvalue weighted by Gasteiger charge is 2.26. The number of fused-ring (bicyclic) bond motifs is 3. The molecule has 0 unspecified atom stereocenters. The van der Waals surface area contributed by atoms with Gasteiger partial charge in [0.05, 0.1) is 18.6 Å². The van der Waals surface area contributed by atoms with E-state index in [-0.39, 0.29) is 11.5 Å². The van der Waals surface area contributed by atoms with Gasteiger partial charge in [0.25, 0.3) is 0 Å². The van der Waals surface area contributed by atoms with E-state index >= 15 is 0 Å². The van der Waals surface area contributed by atoms with E-state index in [1.807, 2.05) is 50.4 Å². The molecule has 2 aromatic carbocycles. The van der Waals surface area contributed by atoms with Gasteiger partial charge in [-0.1, -0.05) is 6.07 Å². The van der Waals surface area contributed by atoms with Gasteiger partial charge in [-0.2, -0.15) is 0 Å². The predicted octanol–water partition coefficient (Wildman–Crippen LogP) is 3.71. The average Bonchev–Trinajstić information content (AvgIpc) is 2.87. The highest BCUT2D eigenvalue weighted by atomic mass is 32.2. The van der Waals surface area contributed by atoms with Crippen molar-refractivity contribution in [3.05, 3.63) is 53.2 Å². The second kappa shape index (κ2) is 6.06. The lowest BCUT2D eigenvalue weighted by Crippen LogP contribution is -2.19. The Morgan fingerprint density at radius 2 is 1.85 bits per heavy atom. The lowest BCUT2D eigenvalue weighted by molar-refractivity contribution is 0.412. The lowest BCUT2D eigenvalue weighted by Gasteiger charge is -2.14. The minimum atomic E-state index is -3.01. The summed E-state index contributed by atoms with van der Waals surface area (Å²) in [7, 11) is 0.662. The third kappa shape index (κ3) is 2.84. The molecule has 0 aliphatic carbocycles. The molecule has 0 amide bonds. The first-order valence-electron chi connectivity index (χ1n) is 8.60. The van der Waals surface area contributed by atoms with Gasteiger partial charge in [-0.05, 0) is 42.3 Å². The van der Waals surface area contributed by atoms with Crippen molar-refractivity contribution in [3.63, 3.8) is 0 Å². The summed E-state index contributed by atoms with van der Waals surface area (Å²) in [4.78, 5) is 0. The van der Waals surface area contributed by atoms with E-state index in [1.54, 1.807) is 7.11 Å². The number of rotatable bonds is 3. The molecule has 0 atom stereocenters. The fourth-order valence-electron chi connectivity index (χ4n) is 3.74. The number of hydrogen-bond donors (Lipinski definition) is 1. The summed E-state index contributed by atoms with van der Waals surface area (Å²) in [6.07, 6.45) is 0.584. The number of aromatic nitrogens is 1. The first kappa shape index (κ1) is 17.0. The van der Waals surface area contributed by atoms with E-state index < -0.39 is 9.84 Å². The van der Waals surface area contributed by atoms with Gasteiger partial charge in [0.2, 0.25) is 0 Å². The third-order valence-electron chi connectivity index (χ3n) is 5.15. The summed E-state index contributed by atoms with van der Waals surface area (Å²) < 4.78 is 31.7. The van der Waals surface area contributed by atoms with Crippen molar-refractivity contribution in [2.45, 2.75) is 19.1 Å². The van der Waals surface area contributed by atoms with Crippen LogP contribution in [0.1, 0.15) is 16.8 Å². The largest absolute Gasteiger partial charge is 0.496 e. The van der Waals surface area contributed by atoms with Crippen LogP contribution in [0.2, 0.25) is 0 Å². The minimum Gasteiger partial charge on any atom is -0.496 e. The van der Waals surface area contributed by atoms with Gasteiger partial charge >= 0.3 is 0 Å². The Kier molecular flexibility index (Phi) is 3.95. The summed E-state index contributed by atoms with van der Waals surface area (Å²) in [5.74, 6) is 1.19. The van der Waals surface area contributed by atoms with Crippen molar-refractivity contribution >= 4 is 32.1 Å². The Bertz CT molecular complexity index is 1110. The first-order chi connectivity index (χ1) is 12.4. The molecule has 1 aliphatic heterocycles. The normalized spacial score (nSPS) is 15.7. The van der Waals surface area contributed by atoms with Gasteiger partial charge < -0.3 is 14.6 Å². The van der Waals surface area contributed by atoms with Crippen molar-refractivity contribution < 1.29 is 13.2 Å². The van der Waals surface area contributed by atoms with Gasteiger partial charge in [-0.3, -0.25) is 0 Å². The van der Waals surface area contributed by atoms with Gasteiger partial charge in [0.1, 0.15) is 5.75 Å². The van der Waals surface area contributed by atoms with Crippen LogP contribution in [0.4, 0.5) is 11.4 Å². The van der Waals surface area contributed by atoms with Crippen LogP contribution < -0.4 is 10.1 Å². The van der Waals surface area contributed by atoms with E-state index in [0.717, 1.165) is 44.8 Å². The Morgan fingerprint density at radius 3 is 2.62 bits per heavy atom. The van der Waals surface area contributed by atoms with Crippen LogP contribution in [0.5, 0.6) is 5.75 Å². The van der Waals surface area contributed by atoms with Crippen LogP contribution in [-0.4, -0.2) is 25.8 Å². The predicted molar refractivity (Wildman–Crippen MR) is 105 cm³/mol. The van der Waals surface area contributed by atoms with Crippen LogP contribution in [0.15, 0.2) is 36.4 Å². The third-order valence-corrected chi connectivity index (χ3v) is 6.70. The molecule has 136 valence electrons. The summed E-state index contributed by atoms with van der Waals surface area (Å²) in [5.41, 5.74) is 6.09. The molecule has 0 radical (unpaired) electrons. The van der Waals surface area contributed by atoms with Crippen LogP contribution in [0, 0.1) is 6.92 Å². The van der Waals surface area contributed by atoms with Crippen molar-refractivity contribution in [2.24, 2.45) is 7.05 Å². The number of aryl methyl sites for hydroxylation is 2. The summed E-state index contributed by atoms with van der Waals surface area (Å²) in [5, 5.41) is 4.41. The van der Waals surface area contributed by atoms with E-state index in [1.165, 1.54) is 0 Å². The topological polar surface area (TPSA) is 60.3 Å². The number of hydrogen-bond acceptors (Lipinski definition) is 4. The van der Waals surface area contributed by atoms with Gasteiger partial charge in [-0.25, -0.2) is 8.42 Å². The summed E-state index contributed by atoms with van der Waals surface area (Å²) in [6.45, 7) is 2.01. The summed E-state index contributed by atoms with van der Waals surface area (Å²) >= 11 is 0. The maximum Gasteiger partial charge on any atom is 0.154 e. The molecule has 0 fully saturated rings. The van der Waals surface area contributed by atoms with Crippen molar-refractivity contribution in [3.8, 4) is 5.75 Å². The molecule has 1 N–H and O–H groups in total. The second-order valence-electron chi connectivity index (χ2n) is 6.87. The summed E-state index contributed by atoms with van der Waals surface area (Å²) in [6, 6.07) is 12.1. The Morgan fingerprint density at radius 1 is 1.12 bits per heavy atom. The molecule has 0 saturated carbocycles. The standard InChI is InChI=1S/C20H22N2O3S/c1-13-4-5-15(11-20(13)25-3)21-14-6-7-18-16(10-14)17-12-26(23,24)9-8-19(17)22(18)2/h4-7,10-11,21H,8-9,12H2,1-3H3. The monoisotopic (exact) mass is 370 g/mol. The fraction of sp³-hybridized carbons (Fsp3) is 0.300. The molecule has 0 saturated heterocycles. The zero-order valence-corrected chi connectivity index (χ0v) is 16.0. The second-order valence-corrected chi connectivity index (χ2v) is 9.05. The van der Waals surface area contributed by atoms with Gasteiger partial charge in [0.15, 0.2) is 9.84 Å². The number of nitrogens with one attached hydrogen (secondary N) is 1. The lowest BCUT2D eigenvalue weighted by atomic mass is 10.1. The fourth-order valence-corrected chi connectivity index (χ4v) is 5.15. The molecule has 1 aliphatic rings. The average molecular weight is 370 g/mol. The molecule has 4 rings (SSSR count). The van der Waals surface area contributed by atoms with Crippen molar-refractivity contribution in [2.75, 3.05) is 18.2 Å². The Hall–Kier alpha value is -2.47. The zero-order chi connectivity index (χ0) is 18.5. The molecule has 2 heterocycles. The molecular weight excluding hydrogens is 348 g/mol. The van der Waals surface area contributed by atoms with Crippen molar-refractivity contribution in [1.82, 2.24) is 4.57 Å². The molecule has 26 heavy (non-hydrogen) atoms. The number of anilines is 2. The molecule has 3 aromatic rings. The molecule has 0 spiro atoms. The molecule has 5 nitrogen and oxygen atoms in total. The number of methoxy groups -OCH3 is 1. The van der Waals surface area contributed by atoms with Crippen LogP contribution in [0.25, 0.3) is 10.9 Å². The first-order valence-corrected chi connectivity index (χ1v) is 10.4. The van der Waals surface area contributed by atoms with Crippen LogP contribution in [0.3, 0.4) is 0 Å². The van der Waals surface area contributed by atoms with Gasteiger partial charge in [0, 0.05) is 47.5 Å². The zero-order valence-electron chi connectivity index (χ0n) is 15.2.